The summed E-state index contributed by atoms with van der Waals surface area (Å²) in [5.74, 6) is 1.74. The number of fused-ring (bicyclic) bond motifs is 2. The molecule has 1 aliphatic heterocycles. The van der Waals surface area contributed by atoms with Crippen molar-refractivity contribution in [3.05, 3.63) is 50.5 Å². The van der Waals surface area contributed by atoms with Gasteiger partial charge >= 0.3 is 0 Å². The highest BCUT2D eigenvalue weighted by molar-refractivity contribution is 5.63. The lowest BCUT2D eigenvalue weighted by Gasteiger charge is -2.21. The summed E-state index contributed by atoms with van der Waals surface area (Å²) in [6, 6.07) is 4.12. The lowest BCUT2D eigenvalue weighted by molar-refractivity contribution is 0.460. The molecule has 0 saturated carbocycles. The molecule has 2 heteroatoms. The molecule has 102 valence electrons. The fraction of sp³-hybridized carbons (Fsp3) is 0.278. The zero-order valence-corrected chi connectivity index (χ0v) is 12.7. The fourth-order valence-corrected chi connectivity index (χ4v) is 2.64. The Labute approximate surface area is 119 Å². The van der Waals surface area contributed by atoms with Crippen LogP contribution in [0.25, 0.3) is 6.58 Å². The zero-order chi connectivity index (χ0) is 14.6. The van der Waals surface area contributed by atoms with Gasteiger partial charge in [0.25, 0.3) is 0 Å². The predicted molar refractivity (Wildman–Crippen MR) is 82.6 cm³/mol. The van der Waals surface area contributed by atoms with Gasteiger partial charge in [-0.1, -0.05) is 12.6 Å². The lowest BCUT2D eigenvalue weighted by atomic mass is 10.00. The molecular formula is C18H19NO. The number of ether oxygens (including phenoxy) is 1. The van der Waals surface area contributed by atoms with Crippen molar-refractivity contribution in [2.24, 2.45) is 4.99 Å². The molecule has 1 aliphatic rings. The molecule has 0 amide bonds. The summed E-state index contributed by atoms with van der Waals surface area (Å²) < 4.78 is 6.20. The molecule has 0 radical (unpaired) electrons. The van der Waals surface area contributed by atoms with Crippen molar-refractivity contribution in [2.75, 3.05) is 0 Å². The first-order chi connectivity index (χ1) is 9.41. The largest absolute Gasteiger partial charge is 0.452 e. The highest BCUT2D eigenvalue weighted by Gasteiger charge is 2.20. The van der Waals surface area contributed by atoms with Crippen LogP contribution in [-0.2, 0) is 0 Å². The minimum absolute atomic E-state index is 0.860. The average molecular weight is 265 g/mol. The Morgan fingerprint density at radius 2 is 1.55 bits per heavy atom. The SMILES string of the molecule is C=c1c(C)c(C)c2c(c1C)Oc1c(ccc(C)c1C)N=2. The minimum Gasteiger partial charge on any atom is -0.452 e. The Hall–Kier alpha value is -2.09. The van der Waals surface area contributed by atoms with Gasteiger partial charge in [-0.25, -0.2) is 4.99 Å². The molecule has 2 aromatic carbocycles. The van der Waals surface area contributed by atoms with Crippen LogP contribution in [0.4, 0.5) is 5.69 Å². The Kier molecular flexibility index (Phi) is 2.72. The van der Waals surface area contributed by atoms with Gasteiger partial charge in [-0.15, -0.1) is 0 Å². The molecule has 0 aromatic heterocycles. The molecule has 0 bridgehead atoms. The molecule has 0 saturated heterocycles. The Morgan fingerprint density at radius 3 is 2.25 bits per heavy atom. The maximum atomic E-state index is 6.20. The first-order valence-electron chi connectivity index (χ1n) is 6.87. The molecule has 2 aromatic rings. The number of rotatable bonds is 0. The highest BCUT2D eigenvalue weighted by Crippen LogP contribution is 2.39. The Bertz CT molecular complexity index is 847. The average Bonchev–Trinajstić information content (AvgIpc) is 2.45. The lowest BCUT2D eigenvalue weighted by Crippen LogP contribution is -2.24. The number of benzene rings is 2. The van der Waals surface area contributed by atoms with Gasteiger partial charge in [0.2, 0.25) is 0 Å². The van der Waals surface area contributed by atoms with Crippen LogP contribution in [0.2, 0.25) is 0 Å². The van der Waals surface area contributed by atoms with E-state index >= 15 is 0 Å². The summed E-state index contributed by atoms with van der Waals surface area (Å²) in [4.78, 5) is 4.82. The zero-order valence-electron chi connectivity index (χ0n) is 12.7. The molecule has 1 heterocycles. The fourth-order valence-electron chi connectivity index (χ4n) is 2.64. The molecule has 0 spiro atoms. The molecule has 2 nitrogen and oxygen atoms in total. The van der Waals surface area contributed by atoms with Crippen molar-refractivity contribution in [1.29, 1.82) is 0 Å². The van der Waals surface area contributed by atoms with Crippen molar-refractivity contribution in [1.82, 2.24) is 0 Å². The van der Waals surface area contributed by atoms with Crippen molar-refractivity contribution in [2.45, 2.75) is 34.6 Å². The van der Waals surface area contributed by atoms with Crippen LogP contribution in [0.3, 0.4) is 0 Å². The molecule has 0 unspecified atom stereocenters. The van der Waals surface area contributed by atoms with E-state index in [2.05, 4.69) is 47.3 Å². The van der Waals surface area contributed by atoms with E-state index in [4.69, 9.17) is 9.73 Å². The van der Waals surface area contributed by atoms with Crippen LogP contribution in [0.5, 0.6) is 11.5 Å². The maximum Gasteiger partial charge on any atom is 0.156 e. The molecule has 0 aliphatic carbocycles. The topological polar surface area (TPSA) is 21.6 Å². The van der Waals surface area contributed by atoms with Gasteiger partial charge in [0.1, 0.15) is 11.0 Å². The van der Waals surface area contributed by atoms with E-state index in [0.29, 0.717) is 0 Å². The second kappa shape index (κ2) is 4.20. The first-order valence-corrected chi connectivity index (χ1v) is 6.87. The van der Waals surface area contributed by atoms with Crippen LogP contribution in [0.1, 0.15) is 27.8 Å². The summed E-state index contributed by atoms with van der Waals surface area (Å²) in [6.07, 6.45) is 0. The van der Waals surface area contributed by atoms with Gasteiger partial charge in [0.15, 0.2) is 11.5 Å². The summed E-state index contributed by atoms with van der Waals surface area (Å²) in [7, 11) is 0. The normalized spacial score (nSPS) is 12.2. The molecule has 20 heavy (non-hydrogen) atoms. The standard InChI is InChI=1S/C18H19NO/c1-9-7-8-15-17(10(9)2)20-18-14(6)12(4)11(3)13(5)16(18)19-15/h7-8H,4H2,1-3,5-6H3. The summed E-state index contributed by atoms with van der Waals surface area (Å²) in [5, 5.41) is 1.99. The smallest absolute Gasteiger partial charge is 0.156 e. The van der Waals surface area contributed by atoms with Gasteiger partial charge in [0.05, 0.1) is 0 Å². The summed E-state index contributed by atoms with van der Waals surface area (Å²) in [5.41, 5.74) is 6.72. The quantitative estimate of drug-likeness (QED) is 0.607. The van der Waals surface area contributed by atoms with Crippen molar-refractivity contribution in [3.63, 3.8) is 0 Å². The second-order valence-corrected chi connectivity index (χ2v) is 5.60. The summed E-state index contributed by atoms with van der Waals surface area (Å²) >= 11 is 0. The third-order valence-corrected chi connectivity index (χ3v) is 4.47. The van der Waals surface area contributed by atoms with Gasteiger partial charge in [-0.05, 0) is 68.2 Å². The van der Waals surface area contributed by atoms with Crippen LogP contribution >= 0.6 is 0 Å². The molecule has 0 fully saturated rings. The van der Waals surface area contributed by atoms with Crippen LogP contribution < -0.4 is 15.3 Å². The van der Waals surface area contributed by atoms with E-state index in [0.717, 1.165) is 44.5 Å². The van der Waals surface area contributed by atoms with E-state index in [-0.39, 0.29) is 0 Å². The van der Waals surface area contributed by atoms with E-state index in [9.17, 15) is 0 Å². The van der Waals surface area contributed by atoms with Crippen molar-refractivity contribution < 1.29 is 4.74 Å². The monoisotopic (exact) mass is 265 g/mol. The summed E-state index contributed by atoms with van der Waals surface area (Å²) in [6.45, 7) is 14.6. The third-order valence-electron chi connectivity index (χ3n) is 4.47. The maximum absolute atomic E-state index is 6.20. The van der Waals surface area contributed by atoms with E-state index in [1.165, 1.54) is 11.1 Å². The number of hydrogen-bond acceptors (Lipinski definition) is 2. The molecule has 0 atom stereocenters. The van der Waals surface area contributed by atoms with Crippen LogP contribution in [-0.4, -0.2) is 0 Å². The molecule has 0 N–H and O–H groups in total. The van der Waals surface area contributed by atoms with Crippen molar-refractivity contribution in [3.8, 4) is 11.5 Å². The van der Waals surface area contributed by atoms with Crippen LogP contribution in [0.15, 0.2) is 17.1 Å². The Balaban J connectivity index is 2.44. The molecular weight excluding hydrogens is 246 g/mol. The number of hydrogen-bond donors (Lipinski definition) is 0. The third kappa shape index (κ3) is 1.61. The Morgan fingerprint density at radius 1 is 0.850 bits per heavy atom. The van der Waals surface area contributed by atoms with E-state index in [1.807, 2.05) is 6.07 Å². The number of aryl methyl sites for hydroxylation is 1. The van der Waals surface area contributed by atoms with E-state index in [1.54, 1.807) is 0 Å². The van der Waals surface area contributed by atoms with Gasteiger partial charge in [0, 0.05) is 5.56 Å². The van der Waals surface area contributed by atoms with Gasteiger partial charge in [-0.3, -0.25) is 0 Å². The van der Waals surface area contributed by atoms with Gasteiger partial charge < -0.3 is 4.74 Å². The van der Waals surface area contributed by atoms with E-state index < -0.39 is 0 Å². The second-order valence-electron chi connectivity index (χ2n) is 5.60. The first kappa shape index (κ1) is 12.9. The minimum atomic E-state index is 0.860. The van der Waals surface area contributed by atoms with Crippen molar-refractivity contribution >= 4 is 12.3 Å². The molecule has 3 rings (SSSR count). The van der Waals surface area contributed by atoms with Gasteiger partial charge in [-0.2, -0.15) is 0 Å². The highest BCUT2D eigenvalue weighted by atomic mass is 16.5. The predicted octanol–water partition coefficient (Wildman–Crippen LogP) is 3.70. The number of nitrogens with zero attached hydrogens (tertiary/aromatic N) is 1. The van der Waals surface area contributed by atoms with Crippen LogP contribution in [0, 0.1) is 34.6 Å².